The van der Waals surface area contributed by atoms with Gasteiger partial charge in [-0.3, -0.25) is 9.59 Å². The molecule has 5 N–H and O–H groups in total. The molecule has 44 heavy (non-hydrogen) atoms. The van der Waals surface area contributed by atoms with Crippen molar-refractivity contribution < 1.29 is 63.3 Å². The Kier molecular flexibility index (Phi) is 8.33. The van der Waals surface area contributed by atoms with Gasteiger partial charge in [0, 0.05) is 12.0 Å². The number of carbonyl (C=O) groups is 5. The van der Waals surface area contributed by atoms with Crippen LogP contribution in [-0.4, -0.2) is 87.3 Å². The Bertz CT molecular complexity index is 1420. The highest BCUT2D eigenvalue weighted by atomic mass is 16.6. The van der Waals surface area contributed by atoms with Gasteiger partial charge in [0.2, 0.25) is 5.91 Å². The summed E-state index contributed by atoms with van der Waals surface area (Å²) in [7, 11) is 1.52. The molecule has 1 aromatic rings. The first-order chi connectivity index (χ1) is 20.8. The first-order valence-corrected chi connectivity index (χ1v) is 14.5. The van der Waals surface area contributed by atoms with E-state index in [-0.39, 0.29) is 18.1 Å². The van der Waals surface area contributed by atoms with E-state index in [1.807, 2.05) is 12.1 Å². The molecule has 7 atom stereocenters. The van der Waals surface area contributed by atoms with Gasteiger partial charge in [-0.05, 0) is 62.7 Å². The molecule has 1 fully saturated rings. The summed E-state index contributed by atoms with van der Waals surface area (Å²) in [5.41, 5.74) is -0.0767. The van der Waals surface area contributed by atoms with Crippen LogP contribution < -0.4 is 14.8 Å². The van der Waals surface area contributed by atoms with Crippen molar-refractivity contribution in [3.8, 4) is 11.5 Å². The standard InChI is InChI=1S/C30H35NO13/c1-14(42-28(39)17(6-8-22(34)35)31-21(33)13-18(32)26(36)37)27(38)43-20-9-11-30(40)16-4-3-10-29(30)23-15(12-16)5-7-19(41-2)24(23)44-25(20)29/h5,7,9,14,16-18,25,32,40H,3-4,6,8,10-13H2,1-2H3,(H,31,33)(H,34,35)(H,36,37)/t14-,16-,17-,18-,25+,29+,30-/m0/s1. The molecule has 0 unspecified atom stereocenters. The molecule has 0 radical (unpaired) electrons. The van der Waals surface area contributed by atoms with Crippen molar-refractivity contribution in [3.63, 3.8) is 0 Å². The maximum absolute atomic E-state index is 13.2. The number of hydrogen-bond donors (Lipinski definition) is 5. The second kappa shape index (κ2) is 11.7. The van der Waals surface area contributed by atoms with Crippen LogP contribution in [0.25, 0.3) is 0 Å². The van der Waals surface area contributed by atoms with Crippen LogP contribution >= 0.6 is 0 Å². The monoisotopic (exact) mass is 617 g/mol. The van der Waals surface area contributed by atoms with Crippen LogP contribution in [0.1, 0.15) is 63.0 Å². The fourth-order valence-electron chi connectivity index (χ4n) is 7.22. The number of carbonyl (C=O) groups excluding carboxylic acids is 3. The van der Waals surface area contributed by atoms with E-state index in [9.17, 15) is 34.2 Å². The van der Waals surface area contributed by atoms with Crippen molar-refractivity contribution in [2.24, 2.45) is 5.92 Å². The summed E-state index contributed by atoms with van der Waals surface area (Å²) in [4.78, 5) is 60.2. The van der Waals surface area contributed by atoms with Crippen LogP contribution in [0.4, 0.5) is 0 Å². The molecule has 1 aliphatic heterocycles. The lowest BCUT2D eigenvalue weighted by molar-refractivity contribution is -0.172. The summed E-state index contributed by atoms with van der Waals surface area (Å²) >= 11 is 0. The number of benzene rings is 1. The van der Waals surface area contributed by atoms with E-state index in [1.165, 1.54) is 14.0 Å². The molecule has 1 heterocycles. The van der Waals surface area contributed by atoms with E-state index < -0.39 is 84.4 Å². The number of methoxy groups -OCH3 is 1. The largest absolute Gasteiger partial charge is 0.493 e. The predicted molar refractivity (Wildman–Crippen MR) is 146 cm³/mol. The Balaban J connectivity index is 1.32. The van der Waals surface area contributed by atoms with Gasteiger partial charge >= 0.3 is 23.9 Å². The molecule has 3 aliphatic carbocycles. The molecule has 14 nitrogen and oxygen atoms in total. The fourth-order valence-corrected chi connectivity index (χ4v) is 7.22. The third-order valence-corrected chi connectivity index (χ3v) is 9.24. The van der Waals surface area contributed by atoms with E-state index >= 15 is 0 Å². The number of aliphatic hydroxyl groups is 2. The highest BCUT2D eigenvalue weighted by Crippen LogP contribution is 2.67. The van der Waals surface area contributed by atoms with Gasteiger partial charge < -0.3 is 44.7 Å². The number of hydrogen-bond acceptors (Lipinski definition) is 11. The zero-order valence-electron chi connectivity index (χ0n) is 24.2. The van der Waals surface area contributed by atoms with Gasteiger partial charge in [-0.25, -0.2) is 14.4 Å². The average molecular weight is 618 g/mol. The highest BCUT2D eigenvalue weighted by molar-refractivity contribution is 5.89. The summed E-state index contributed by atoms with van der Waals surface area (Å²) in [5, 5.41) is 41.6. The van der Waals surface area contributed by atoms with Crippen molar-refractivity contribution in [3.05, 3.63) is 35.1 Å². The molecule has 0 saturated heterocycles. The first-order valence-electron chi connectivity index (χ1n) is 14.5. The van der Waals surface area contributed by atoms with E-state index in [0.717, 1.165) is 24.0 Å². The molecular formula is C30H35NO13. The van der Waals surface area contributed by atoms with Gasteiger partial charge in [-0.2, -0.15) is 0 Å². The number of amides is 1. The van der Waals surface area contributed by atoms with Crippen LogP contribution in [0.15, 0.2) is 24.0 Å². The normalized spacial score (nSPS) is 27.8. The van der Waals surface area contributed by atoms with Crippen molar-refractivity contribution in [2.75, 3.05) is 7.11 Å². The van der Waals surface area contributed by atoms with Gasteiger partial charge in [0.15, 0.2) is 29.8 Å². The summed E-state index contributed by atoms with van der Waals surface area (Å²) in [6.45, 7) is 1.24. The molecule has 5 rings (SSSR count). The third kappa shape index (κ3) is 5.15. The van der Waals surface area contributed by atoms with Gasteiger partial charge in [-0.1, -0.05) is 12.5 Å². The molecule has 0 aromatic heterocycles. The van der Waals surface area contributed by atoms with Crippen molar-refractivity contribution in [1.82, 2.24) is 5.32 Å². The second-order valence-electron chi connectivity index (χ2n) is 11.7. The molecular weight excluding hydrogens is 582 g/mol. The number of esters is 2. The number of ether oxygens (including phenoxy) is 4. The Labute approximate surface area is 251 Å². The lowest BCUT2D eigenvalue weighted by Crippen LogP contribution is -2.67. The average Bonchev–Trinajstić information content (AvgIpc) is 3.31. The van der Waals surface area contributed by atoms with E-state index in [2.05, 4.69) is 5.32 Å². The number of rotatable bonds is 12. The van der Waals surface area contributed by atoms with Gasteiger partial charge in [0.1, 0.15) is 11.8 Å². The summed E-state index contributed by atoms with van der Waals surface area (Å²) in [6, 6.07) is 2.26. The molecule has 1 saturated carbocycles. The van der Waals surface area contributed by atoms with Crippen molar-refractivity contribution in [2.45, 2.75) is 93.7 Å². The smallest absolute Gasteiger partial charge is 0.352 e. The lowest BCUT2D eigenvalue weighted by Gasteiger charge is -2.59. The minimum Gasteiger partial charge on any atom is -0.493 e. The second-order valence-corrected chi connectivity index (χ2v) is 11.7. The van der Waals surface area contributed by atoms with Gasteiger partial charge in [0.05, 0.1) is 24.5 Å². The Hall–Kier alpha value is -4.17. The third-order valence-electron chi connectivity index (χ3n) is 9.24. The van der Waals surface area contributed by atoms with Crippen molar-refractivity contribution >= 4 is 29.8 Å². The van der Waals surface area contributed by atoms with Crippen LogP contribution in [0.5, 0.6) is 11.5 Å². The highest BCUT2D eigenvalue weighted by Gasteiger charge is 2.71. The molecule has 238 valence electrons. The first kappa shape index (κ1) is 31.3. The molecule has 1 spiro atoms. The van der Waals surface area contributed by atoms with Crippen molar-refractivity contribution in [1.29, 1.82) is 0 Å². The number of aliphatic hydroxyl groups excluding tert-OH is 1. The minimum atomic E-state index is -2.04. The number of carboxylic acids is 2. The Morgan fingerprint density at radius 3 is 2.59 bits per heavy atom. The number of aliphatic carboxylic acids is 2. The molecule has 2 bridgehead atoms. The summed E-state index contributed by atoms with van der Waals surface area (Å²) in [5.74, 6) is -4.94. The van der Waals surface area contributed by atoms with E-state index in [1.54, 1.807) is 6.08 Å². The fraction of sp³-hybridized carbons (Fsp3) is 0.567. The van der Waals surface area contributed by atoms with E-state index in [0.29, 0.717) is 24.3 Å². The number of carboxylic acid groups (broad SMARTS) is 2. The van der Waals surface area contributed by atoms with Gasteiger partial charge in [-0.15, -0.1) is 0 Å². The topological polar surface area (TPSA) is 215 Å². The van der Waals surface area contributed by atoms with Crippen LogP contribution in [0, 0.1) is 5.92 Å². The zero-order chi connectivity index (χ0) is 32.0. The summed E-state index contributed by atoms with van der Waals surface area (Å²) < 4.78 is 22.9. The summed E-state index contributed by atoms with van der Waals surface area (Å²) in [6.07, 6.45) is -1.43. The SMILES string of the molecule is COc1ccc2c3c1O[C@@H]1C(OC(=O)[C@H](C)OC(=O)[C@H](CCC(=O)O)NC(=O)C[C@H](O)C(=O)O)=CC[C@]4(O)[C@@H](CCC[C@@]314)C2. The van der Waals surface area contributed by atoms with Crippen LogP contribution in [-0.2, 0) is 45.3 Å². The molecule has 1 aromatic carbocycles. The predicted octanol–water partition coefficient (Wildman–Crippen LogP) is 0.729. The maximum atomic E-state index is 13.2. The van der Waals surface area contributed by atoms with Crippen LogP contribution in [0.3, 0.4) is 0 Å². The zero-order valence-corrected chi connectivity index (χ0v) is 24.2. The van der Waals surface area contributed by atoms with E-state index in [4.69, 9.17) is 29.2 Å². The molecule has 1 amide bonds. The lowest BCUT2D eigenvalue weighted by atomic mass is 9.47. The quantitative estimate of drug-likeness (QED) is 0.205. The maximum Gasteiger partial charge on any atom is 0.352 e. The molecule has 4 aliphatic rings. The van der Waals surface area contributed by atoms with Crippen LogP contribution in [0.2, 0.25) is 0 Å². The number of nitrogens with one attached hydrogen (secondary N) is 1. The minimum absolute atomic E-state index is 0.0165. The molecule has 14 heteroatoms. The Morgan fingerprint density at radius 2 is 1.91 bits per heavy atom. The Morgan fingerprint density at radius 1 is 1.16 bits per heavy atom. The van der Waals surface area contributed by atoms with Gasteiger partial charge in [0.25, 0.3) is 0 Å².